The molecule has 11 heteroatoms. The zero-order valence-electron chi connectivity index (χ0n) is 19.9. The first kappa shape index (κ1) is 23.1. The Hall–Kier alpha value is -3.63. The Balaban J connectivity index is 1.36. The van der Waals surface area contributed by atoms with Crippen molar-refractivity contribution in [3.63, 3.8) is 0 Å². The van der Waals surface area contributed by atoms with Crippen molar-refractivity contribution in [2.45, 2.75) is 71.0 Å². The summed E-state index contributed by atoms with van der Waals surface area (Å²) in [6.07, 6.45) is 6.37. The van der Waals surface area contributed by atoms with E-state index in [0.717, 1.165) is 42.2 Å². The SMILES string of the molecule is CC(=O)N[C@]1(C)CC[C@@H](Nc2ncc3c(-c4cnc5nc(C)n(CC(F)F)c5c4)c[nH]c3n2)CC1. The number of carbonyl (C=O) groups is 1. The van der Waals surface area contributed by atoms with Crippen LogP contribution in [0.5, 0.6) is 0 Å². The van der Waals surface area contributed by atoms with E-state index in [-0.39, 0.29) is 17.5 Å². The maximum atomic E-state index is 13.1. The Morgan fingerprint density at radius 3 is 2.74 bits per heavy atom. The van der Waals surface area contributed by atoms with Crippen LogP contribution >= 0.6 is 0 Å². The molecular formula is C24H28F2N8O. The fourth-order valence-electron chi connectivity index (χ4n) is 4.98. The minimum atomic E-state index is -2.48. The van der Waals surface area contributed by atoms with Gasteiger partial charge in [-0.3, -0.25) is 4.79 Å². The van der Waals surface area contributed by atoms with Crippen LogP contribution in [0.2, 0.25) is 0 Å². The van der Waals surface area contributed by atoms with Crippen molar-refractivity contribution in [3.8, 4) is 11.1 Å². The van der Waals surface area contributed by atoms with E-state index in [4.69, 9.17) is 0 Å². The maximum Gasteiger partial charge on any atom is 0.256 e. The number of nitrogens with one attached hydrogen (secondary N) is 3. The number of hydrogen-bond donors (Lipinski definition) is 3. The van der Waals surface area contributed by atoms with E-state index >= 15 is 0 Å². The molecule has 0 aliphatic heterocycles. The second kappa shape index (κ2) is 8.86. The molecule has 184 valence electrons. The predicted molar refractivity (Wildman–Crippen MR) is 129 cm³/mol. The Morgan fingerprint density at radius 1 is 1.26 bits per heavy atom. The first-order valence-corrected chi connectivity index (χ1v) is 11.7. The highest BCUT2D eigenvalue weighted by molar-refractivity contribution is 5.95. The van der Waals surface area contributed by atoms with Gasteiger partial charge in [0.1, 0.15) is 11.5 Å². The van der Waals surface area contributed by atoms with Crippen LogP contribution in [0, 0.1) is 6.92 Å². The molecule has 1 amide bonds. The molecule has 0 saturated heterocycles. The molecule has 9 nitrogen and oxygen atoms in total. The van der Waals surface area contributed by atoms with Crippen molar-refractivity contribution in [1.29, 1.82) is 0 Å². The van der Waals surface area contributed by atoms with Gasteiger partial charge in [0, 0.05) is 53.6 Å². The van der Waals surface area contributed by atoms with Crippen LogP contribution in [0.1, 0.15) is 45.4 Å². The van der Waals surface area contributed by atoms with E-state index in [9.17, 15) is 13.6 Å². The van der Waals surface area contributed by atoms with Gasteiger partial charge < -0.3 is 20.2 Å². The number of anilines is 1. The number of nitrogens with zero attached hydrogens (tertiary/aromatic N) is 5. The van der Waals surface area contributed by atoms with E-state index in [0.29, 0.717) is 28.6 Å². The molecule has 4 heterocycles. The molecule has 0 atom stereocenters. The number of alkyl halides is 2. The molecule has 3 N–H and O–H groups in total. The third-order valence-corrected chi connectivity index (χ3v) is 6.76. The zero-order valence-corrected chi connectivity index (χ0v) is 19.9. The van der Waals surface area contributed by atoms with Gasteiger partial charge in [-0.1, -0.05) is 0 Å². The summed E-state index contributed by atoms with van der Waals surface area (Å²) in [7, 11) is 0. The fraction of sp³-hybridized carbons (Fsp3) is 0.458. The van der Waals surface area contributed by atoms with Gasteiger partial charge in [-0.05, 0) is 45.6 Å². The van der Waals surface area contributed by atoms with Gasteiger partial charge in [0.2, 0.25) is 11.9 Å². The van der Waals surface area contributed by atoms with Gasteiger partial charge in [0.25, 0.3) is 6.43 Å². The quantitative estimate of drug-likeness (QED) is 0.380. The molecule has 1 aliphatic carbocycles. The Morgan fingerprint density at radius 2 is 2.03 bits per heavy atom. The van der Waals surface area contributed by atoms with Crippen LogP contribution in [-0.4, -0.2) is 53.4 Å². The van der Waals surface area contributed by atoms with Gasteiger partial charge in [0.15, 0.2) is 5.65 Å². The number of hydrogen-bond acceptors (Lipinski definition) is 6. The minimum Gasteiger partial charge on any atom is -0.351 e. The summed E-state index contributed by atoms with van der Waals surface area (Å²) in [5, 5.41) is 7.29. The van der Waals surface area contributed by atoms with Crippen molar-refractivity contribution in [2.75, 3.05) is 5.32 Å². The van der Waals surface area contributed by atoms with Crippen molar-refractivity contribution in [1.82, 2.24) is 34.8 Å². The number of imidazole rings is 1. The van der Waals surface area contributed by atoms with Gasteiger partial charge >= 0.3 is 0 Å². The lowest BCUT2D eigenvalue weighted by atomic mass is 9.81. The molecule has 0 spiro atoms. The van der Waals surface area contributed by atoms with Crippen molar-refractivity contribution in [3.05, 3.63) is 30.5 Å². The third-order valence-electron chi connectivity index (χ3n) is 6.76. The Labute approximate surface area is 200 Å². The molecule has 1 fully saturated rings. The lowest BCUT2D eigenvalue weighted by Crippen LogP contribution is -2.49. The first-order valence-electron chi connectivity index (χ1n) is 11.7. The third kappa shape index (κ3) is 4.67. The summed E-state index contributed by atoms with van der Waals surface area (Å²) < 4.78 is 27.6. The first-order chi connectivity index (χ1) is 16.7. The number of aryl methyl sites for hydroxylation is 1. The lowest BCUT2D eigenvalue weighted by Gasteiger charge is -2.38. The minimum absolute atomic E-state index is 0.00166. The van der Waals surface area contributed by atoms with E-state index in [1.165, 1.54) is 4.57 Å². The van der Waals surface area contributed by atoms with E-state index in [2.05, 4.69) is 42.5 Å². The van der Waals surface area contributed by atoms with Crippen molar-refractivity contribution in [2.24, 2.45) is 0 Å². The highest BCUT2D eigenvalue weighted by Gasteiger charge is 2.32. The molecule has 0 aromatic carbocycles. The molecule has 0 radical (unpaired) electrons. The van der Waals surface area contributed by atoms with Crippen LogP contribution in [0.3, 0.4) is 0 Å². The fourth-order valence-corrected chi connectivity index (χ4v) is 4.98. The molecule has 4 aromatic heterocycles. The Bertz CT molecular complexity index is 1390. The van der Waals surface area contributed by atoms with Gasteiger partial charge in [0.05, 0.1) is 12.1 Å². The average molecular weight is 483 g/mol. The van der Waals surface area contributed by atoms with Gasteiger partial charge in [-0.2, -0.15) is 4.98 Å². The molecule has 4 aromatic rings. The number of H-pyrrole nitrogens is 1. The molecule has 35 heavy (non-hydrogen) atoms. The Kier molecular flexibility index (Phi) is 5.86. The summed E-state index contributed by atoms with van der Waals surface area (Å²) in [4.78, 5) is 32.5. The number of aromatic nitrogens is 6. The van der Waals surface area contributed by atoms with E-state index < -0.39 is 13.0 Å². The summed E-state index contributed by atoms with van der Waals surface area (Å²) in [5.74, 6) is 1.04. The molecule has 1 aliphatic rings. The monoisotopic (exact) mass is 482 g/mol. The maximum absolute atomic E-state index is 13.1. The number of halogens is 2. The normalized spacial score (nSPS) is 20.6. The topological polar surface area (TPSA) is 113 Å². The molecule has 1 saturated carbocycles. The van der Waals surface area contributed by atoms with Crippen LogP contribution in [0.25, 0.3) is 33.3 Å². The zero-order chi connectivity index (χ0) is 24.7. The van der Waals surface area contributed by atoms with Gasteiger partial charge in [-0.25, -0.2) is 23.7 Å². The number of carbonyl (C=O) groups excluding carboxylic acids is 1. The average Bonchev–Trinajstić information content (AvgIpc) is 3.35. The standard InChI is InChI=1S/C24H28F2N8O/c1-13-30-22-19(34(13)12-20(25)26)8-15(9-27-22)17-10-28-21-18(17)11-29-23(32-21)31-16-4-6-24(3,7-5-16)33-14(2)35/h8-11,16,20H,4-7,12H2,1-3H3,(H,33,35)(H2,28,29,31,32)/t16-,24-. The summed E-state index contributed by atoms with van der Waals surface area (Å²) in [5.41, 5.74) is 3.13. The van der Waals surface area contributed by atoms with Crippen molar-refractivity contribution >= 4 is 34.1 Å². The number of amides is 1. The second-order valence-corrected chi connectivity index (χ2v) is 9.55. The van der Waals surface area contributed by atoms with E-state index in [1.807, 2.05) is 12.3 Å². The van der Waals surface area contributed by atoms with Crippen LogP contribution < -0.4 is 10.6 Å². The lowest BCUT2D eigenvalue weighted by molar-refractivity contribution is -0.121. The number of pyridine rings is 1. The molecule has 0 unspecified atom stereocenters. The molecule has 5 rings (SSSR count). The second-order valence-electron chi connectivity index (χ2n) is 9.55. The van der Waals surface area contributed by atoms with Crippen LogP contribution in [0.15, 0.2) is 24.7 Å². The van der Waals surface area contributed by atoms with Crippen LogP contribution in [-0.2, 0) is 11.3 Å². The van der Waals surface area contributed by atoms with Crippen molar-refractivity contribution < 1.29 is 13.6 Å². The predicted octanol–water partition coefficient (Wildman–Crippen LogP) is 4.19. The van der Waals surface area contributed by atoms with Crippen LogP contribution in [0.4, 0.5) is 14.7 Å². The molecular weight excluding hydrogens is 454 g/mol. The van der Waals surface area contributed by atoms with E-state index in [1.54, 1.807) is 26.2 Å². The summed E-state index contributed by atoms with van der Waals surface area (Å²) in [6.45, 7) is 4.91. The van der Waals surface area contributed by atoms with Gasteiger partial charge in [-0.15, -0.1) is 0 Å². The highest BCUT2D eigenvalue weighted by atomic mass is 19.3. The number of fused-ring (bicyclic) bond motifs is 2. The number of rotatable bonds is 6. The summed E-state index contributed by atoms with van der Waals surface area (Å²) >= 11 is 0. The highest BCUT2D eigenvalue weighted by Crippen LogP contribution is 2.32. The summed E-state index contributed by atoms with van der Waals surface area (Å²) in [6, 6.07) is 2.06. The smallest absolute Gasteiger partial charge is 0.256 e. The largest absolute Gasteiger partial charge is 0.351 e. The molecule has 0 bridgehead atoms. The number of aromatic amines is 1.